The molecule has 0 atom stereocenters. The fraction of sp³-hybridized carbons (Fsp3) is 0.538. The maximum atomic E-state index is 12.6. The van der Waals surface area contributed by atoms with E-state index in [0.29, 0.717) is 5.02 Å². The molecule has 20 heavy (non-hydrogen) atoms. The largest absolute Gasteiger partial charge is 0.495 e. The lowest BCUT2D eigenvalue weighted by Gasteiger charge is -2.27. The maximum Gasteiger partial charge on any atom is 0.246 e. The van der Waals surface area contributed by atoms with Gasteiger partial charge < -0.3 is 9.84 Å². The van der Waals surface area contributed by atoms with Crippen LogP contribution in [-0.2, 0) is 10.0 Å². The number of nitrogens with zero attached hydrogens (tertiary/aromatic N) is 1. The van der Waals surface area contributed by atoms with Gasteiger partial charge in [-0.2, -0.15) is 4.31 Å². The molecule has 0 spiro atoms. The SMILES string of the molecule is CCN(CC(C)(C)O)S(=O)(=O)c1ccc(Cl)cc1OC. The predicted octanol–water partition coefficient (Wildman–Crippen LogP) is 2.13. The van der Waals surface area contributed by atoms with Gasteiger partial charge in [0.1, 0.15) is 10.6 Å². The van der Waals surface area contributed by atoms with Crippen LogP contribution in [0.1, 0.15) is 20.8 Å². The van der Waals surface area contributed by atoms with Crippen LogP contribution in [0.5, 0.6) is 5.75 Å². The second kappa shape index (κ2) is 6.30. The minimum atomic E-state index is -3.75. The molecule has 0 saturated carbocycles. The molecule has 0 amide bonds. The van der Waals surface area contributed by atoms with E-state index in [9.17, 15) is 13.5 Å². The molecule has 0 aliphatic heterocycles. The molecule has 1 aromatic carbocycles. The fourth-order valence-corrected chi connectivity index (χ4v) is 3.69. The summed E-state index contributed by atoms with van der Waals surface area (Å²) in [5.41, 5.74) is -1.12. The van der Waals surface area contributed by atoms with E-state index in [0.717, 1.165) is 0 Å². The zero-order valence-corrected chi connectivity index (χ0v) is 13.6. The molecule has 0 unspecified atom stereocenters. The van der Waals surface area contributed by atoms with Crippen molar-refractivity contribution in [3.8, 4) is 5.75 Å². The van der Waals surface area contributed by atoms with Crippen LogP contribution >= 0.6 is 11.6 Å². The number of hydrogen-bond donors (Lipinski definition) is 1. The summed E-state index contributed by atoms with van der Waals surface area (Å²) in [7, 11) is -2.37. The Morgan fingerprint density at radius 2 is 2.00 bits per heavy atom. The Balaban J connectivity index is 3.27. The van der Waals surface area contributed by atoms with Crippen LogP contribution in [0.2, 0.25) is 5.02 Å². The molecule has 5 nitrogen and oxygen atoms in total. The molecule has 0 aliphatic rings. The topological polar surface area (TPSA) is 66.8 Å². The van der Waals surface area contributed by atoms with E-state index in [1.165, 1.54) is 29.6 Å². The van der Waals surface area contributed by atoms with E-state index < -0.39 is 15.6 Å². The zero-order chi connectivity index (χ0) is 15.6. The lowest BCUT2D eigenvalue weighted by Crippen LogP contribution is -2.42. The first-order chi connectivity index (χ1) is 9.11. The molecule has 7 heteroatoms. The van der Waals surface area contributed by atoms with Crippen molar-refractivity contribution in [2.45, 2.75) is 31.3 Å². The smallest absolute Gasteiger partial charge is 0.246 e. The summed E-state index contributed by atoms with van der Waals surface area (Å²) in [6, 6.07) is 4.35. The van der Waals surface area contributed by atoms with Crippen molar-refractivity contribution in [3.05, 3.63) is 23.2 Å². The molecule has 0 saturated heterocycles. The number of benzene rings is 1. The highest BCUT2D eigenvalue weighted by atomic mass is 35.5. The normalized spacial score (nSPS) is 12.8. The van der Waals surface area contributed by atoms with E-state index in [1.54, 1.807) is 20.8 Å². The van der Waals surface area contributed by atoms with Crippen molar-refractivity contribution >= 4 is 21.6 Å². The van der Waals surface area contributed by atoms with Crippen LogP contribution < -0.4 is 4.74 Å². The summed E-state index contributed by atoms with van der Waals surface area (Å²) in [4.78, 5) is 0.0375. The molecule has 0 fully saturated rings. The zero-order valence-electron chi connectivity index (χ0n) is 12.1. The van der Waals surface area contributed by atoms with Crippen molar-refractivity contribution in [2.75, 3.05) is 20.2 Å². The molecule has 0 aromatic heterocycles. The van der Waals surface area contributed by atoms with Crippen LogP contribution in [0.25, 0.3) is 0 Å². The van der Waals surface area contributed by atoms with Gasteiger partial charge in [0.15, 0.2) is 0 Å². The second-order valence-corrected chi connectivity index (χ2v) is 7.38. The Kier molecular flexibility index (Phi) is 5.43. The Morgan fingerprint density at radius 1 is 1.40 bits per heavy atom. The highest BCUT2D eigenvalue weighted by Gasteiger charge is 2.30. The van der Waals surface area contributed by atoms with Crippen molar-refractivity contribution < 1.29 is 18.3 Å². The number of hydrogen-bond acceptors (Lipinski definition) is 4. The first-order valence-corrected chi connectivity index (χ1v) is 7.99. The third-order valence-corrected chi connectivity index (χ3v) is 4.85. The maximum absolute atomic E-state index is 12.6. The molecule has 0 bridgehead atoms. The molecule has 1 N–H and O–H groups in total. The number of ether oxygens (including phenoxy) is 1. The van der Waals surface area contributed by atoms with Crippen molar-refractivity contribution in [3.63, 3.8) is 0 Å². The van der Waals surface area contributed by atoms with Gasteiger partial charge >= 0.3 is 0 Å². The monoisotopic (exact) mass is 321 g/mol. The summed E-state index contributed by atoms with van der Waals surface area (Å²) in [5, 5.41) is 10.2. The summed E-state index contributed by atoms with van der Waals surface area (Å²) >= 11 is 5.84. The van der Waals surface area contributed by atoms with Crippen molar-refractivity contribution in [1.82, 2.24) is 4.31 Å². The summed E-state index contributed by atoms with van der Waals surface area (Å²) in [6.07, 6.45) is 0. The third-order valence-electron chi connectivity index (χ3n) is 2.66. The Morgan fingerprint density at radius 3 is 2.45 bits per heavy atom. The highest BCUT2D eigenvalue weighted by molar-refractivity contribution is 7.89. The van der Waals surface area contributed by atoms with E-state index in [1.807, 2.05) is 0 Å². The van der Waals surface area contributed by atoms with Crippen LogP contribution in [0, 0.1) is 0 Å². The number of aliphatic hydroxyl groups is 1. The number of rotatable bonds is 6. The van der Waals surface area contributed by atoms with Gasteiger partial charge in [-0.1, -0.05) is 18.5 Å². The number of halogens is 1. The lowest BCUT2D eigenvalue weighted by atomic mass is 10.1. The van der Waals surface area contributed by atoms with E-state index >= 15 is 0 Å². The first-order valence-electron chi connectivity index (χ1n) is 6.18. The van der Waals surface area contributed by atoms with Gasteiger partial charge in [0, 0.05) is 24.2 Å². The number of methoxy groups -OCH3 is 1. The molecular weight excluding hydrogens is 302 g/mol. The molecule has 1 rings (SSSR count). The van der Waals surface area contributed by atoms with Crippen LogP contribution in [0.15, 0.2) is 23.1 Å². The summed E-state index contributed by atoms with van der Waals surface area (Å²) in [6.45, 7) is 5.08. The summed E-state index contributed by atoms with van der Waals surface area (Å²) < 4.78 is 31.5. The molecule has 114 valence electrons. The fourth-order valence-electron chi connectivity index (χ4n) is 1.79. The summed E-state index contributed by atoms with van der Waals surface area (Å²) in [5.74, 6) is 0.187. The highest BCUT2D eigenvalue weighted by Crippen LogP contribution is 2.30. The van der Waals surface area contributed by atoms with Crippen LogP contribution in [-0.4, -0.2) is 43.6 Å². The molecule has 0 heterocycles. The van der Waals surface area contributed by atoms with E-state index in [2.05, 4.69) is 0 Å². The van der Waals surface area contributed by atoms with Crippen molar-refractivity contribution in [2.24, 2.45) is 0 Å². The lowest BCUT2D eigenvalue weighted by molar-refractivity contribution is 0.0601. The molecule has 1 aromatic rings. The average molecular weight is 322 g/mol. The van der Waals surface area contributed by atoms with Crippen LogP contribution in [0.3, 0.4) is 0 Å². The van der Waals surface area contributed by atoms with Crippen molar-refractivity contribution in [1.29, 1.82) is 0 Å². The second-order valence-electron chi connectivity index (χ2n) is 5.04. The van der Waals surface area contributed by atoms with Gasteiger partial charge in [0.2, 0.25) is 10.0 Å². The molecule has 0 aliphatic carbocycles. The van der Waals surface area contributed by atoms with Gasteiger partial charge in [-0.3, -0.25) is 0 Å². The Bertz CT molecular complexity index is 566. The first kappa shape index (κ1) is 17.2. The minimum Gasteiger partial charge on any atom is -0.495 e. The van der Waals surface area contributed by atoms with E-state index in [-0.39, 0.29) is 23.7 Å². The predicted molar refractivity (Wildman–Crippen MR) is 78.7 cm³/mol. The standard InChI is InChI=1S/C13H20ClNO4S/c1-5-15(9-13(2,3)16)20(17,18)12-7-6-10(14)8-11(12)19-4/h6-8,16H,5,9H2,1-4H3. The van der Waals surface area contributed by atoms with Gasteiger partial charge in [-0.15, -0.1) is 0 Å². The number of likely N-dealkylation sites (N-methyl/N-ethyl adjacent to an activating group) is 1. The van der Waals surface area contributed by atoms with E-state index in [4.69, 9.17) is 16.3 Å². The van der Waals surface area contributed by atoms with Gasteiger partial charge in [-0.05, 0) is 26.0 Å². The minimum absolute atomic E-state index is 0.00237. The Hall–Kier alpha value is -0.820. The van der Waals surface area contributed by atoms with Gasteiger partial charge in [0.05, 0.1) is 12.7 Å². The van der Waals surface area contributed by atoms with Crippen LogP contribution in [0.4, 0.5) is 0 Å². The average Bonchev–Trinajstić information content (AvgIpc) is 2.34. The Labute approximate surface area is 125 Å². The van der Waals surface area contributed by atoms with Gasteiger partial charge in [-0.25, -0.2) is 8.42 Å². The van der Waals surface area contributed by atoms with Gasteiger partial charge in [0.25, 0.3) is 0 Å². The molecular formula is C13H20ClNO4S. The number of sulfonamides is 1. The third kappa shape index (κ3) is 4.09. The molecule has 0 radical (unpaired) electrons. The quantitative estimate of drug-likeness (QED) is 0.871.